The Labute approximate surface area is 136 Å². The molecule has 2 aliphatic rings. The lowest BCUT2D eigenvalue weighted by Crippen LogP contribution is -2.38. The number of amides is 1. The number of rotatable bonds is 6. The van der Waals surface area contributed by atoms with Crippen LogP contribution in [0, 0.1) is 11.8 Å². The summed E-state index contributed by atoms with van der Waals surface area (Å²) < 4.78 is 27.4. The number of benzene rings is 1. The molecule has 7 heteroatoms. The van der Waals surface area contributed by atoms with E-state index in [9.17, 15) is 13.2 Å². The van der Waals surface area contributed by atoms with Gasteiger partial charge in [-0.3, -0.25) is 4.79 Å². The first-order valence-electron chi connectivity index (χ1n) is 8.07. The van der Waals surface area contributed by atoms with Crippen molar-refractivity contribution < 1.29 is 13.2 Å². The summed E-state index contributed by atoms with van der Waals surface area (Å²) in [5, 5.41) is 3.28. The van der Waals surface area contributed by atoms with E-state index in [1.165, 1.54) is 0 Å². The van der Waals surface area contributed by atoms with Crippen LogP contribution in [0.4, 0.5) is 0 Å². The molecular formula is C16H23N3O3S. The minimum Gasteiger partial charge on any atom is -0.369 e. The highest BCUT2D eigenvalue weighted by Crippen LogP contribution is 2.47. The van der Waals surface area contributed by atoms with E-state index in [1.54, 1.807) is 24.3 Å². The maximum Gasteiger partial charge on any atom is 0.240 e. The summed E-state index contributed by atoms with van der Waals surface area (Å²) in [6.45, 7) is 2.33. The molecule has 3 rings (SSSR count). The van der Waals surface area contributed by atoms with Crippen LogP contribution >= 0.6 is 0 Å². The third-order valence-electron chi connectivity index (χ3n) is 4.74. The fourth-order valence-corrected chi connectivity index (χ4v) is 4.30. The van der Waals surface area contributed by atoms with Crippen molar-refractivity contribution in [2.24, 2.45) is 17.6 Å². The molecule has 6 nitrogen and oxygen atoms in total. The summed E-state index contributed by atoms with van der Waals surface area (Å²) >= 11 is 0. The van der Waals surface area contributed by atoms with Crippen LogP contribution in [0.2, 0.25) is 0 Å². The molecule has 1 aliphatic heterocycles. The van der Waals surface area contributed by atoms with Crippen LogP contribution in [0.25, 0.3) is 0 Å². The third kappa shape index (κ3) is 3.91. The summed E-state index contributed by atoms with van der Waals surface area (Å²) in [7, 11) is -3.48. The third-order valence-corrected chi connectivity index (χ3v) is 6.17. The van der Waals surface area contributed by atoms with Gasteiger partial charge in [-0.1, -0.05) is 12.1 Å². The molecule has 1 amide bonds. The van der Waals surface area contributed by atoms with E-state index < -0.39 is 10.0 Å². The highest BCUT2D eigenvalue weighted by molar-refractivity contribution is 7.89. The Kier molecular flexibility index (Phi) is 4.70. The first-order chi connectivity index (χ1) is 11.0. The maximum absolute atomic E-state index is 12.3. The fourth-order valence-electron chi connectivity index (χ4n) is 3.18. The van der Waals surface area contributed by atoms with Gasteiger partial charge in [-0.15, -0.1) is 0 Å². The first kappa shape index (κ1) is 16.4. The summed E-state index contributed by atoms with van der Waals surface area (Å²) in [6, 6.07) is 6.77. The van der Waals surface area contributed by atoms with Crippen molar-refractivity contribution in [1.82, 2.24) is 10.0 Å². The van der Waals surface area contributed by atoms with E-state index in [-0.39, 0.29) is 22.6 Å². The van der Waals surface area contributed by atoms with Crippen molar-refractivity contribution in [3.8, 4) is 0 Å². The van der Waals surface area contributed by atoms with Gasteiger partial charge in [0.25, 0.3) is 0 Å². The Morgan fingerprint density at radius 1 is 1.30 bits per heavy atom. The Hall–Kier alpha value is -1.44. The molecule has 126 valence electrons. The molecule has 23 heavy (non-hydrogen) atoms. The van der Waals surface area contributed by atoms with Crippen LogP contribution in [-0.4, -0.2) is 34.0 Å². The molecule has 1 saturated heterocycles. The van der Waals surface area contributed by atoms with Crippen LogP contribution in [0.1, 0.15) is 30.7 Å². The second kappa shape index (κ2) is 6.59. The second-order valence-electron chi connectivity index (χ2n) is 6.48. The molecule has 2 unspecified atom stereocenters. The van der Waals surface area contributed by atoms with E-state index in [0.717, 1.165) is 37.9 Å². The highest BCUT2D eigenvalue weighted by Gasteiger charge is 2.42. The van der Waals surface area contributed by atoms with Gasteiger partial charge in [-0.05, 0) is 61.9 Å². The Morgan fingerprint density at radius 2 is 2.04 bits per heavy atom. The molecule has 3 atom stereocenters. The van der Waals surface area contributed by atoms with Gasteiger partial charge < -0.3 is 11.1 Å². The zero-order chi connectivity index (χ0) is 16.4. The van der Waals surface area contributed by atoms with Crippen LogP contribution in [0.5, 0.6) is 0 Å². The molecule has 0 spiro atoms. The Morgan fingerprint density at radius 3 is 2.61 bits per heavy atom. The van der Waals surface area contributed by atoms with Crippen molar-refractivity contribution in [1.29, 1.82) is 0 Å². The number of sulfonamides is 1. The zero-order valence-electron chi connectivity index (χ0n) is 13.0. The smallest absolute Gasteiger partial charge is 0.240 e. The number of hydrogen-bond donors (Lipinski definition) is 3. The monoisotopic (exact) mass is 337 g/mol. The zero-order valence-corrected chi connectivity index (χ0v) is 13.8. The Bertz CT molecular complexity index is 666. The van der Waals surface area contributed by atoms with Crippen molar-refractivity contribution in [2.45, 2.75) is 30.1 Å². The molecule has 1 aromatic carbocycles. The molecule has 4 N–H and O–H groups in total. The van der Waals surface area contributed by atoms with Gasteiger partial charge >= 0.3 is 0 Å². The van der Waals surface area contributed by atoms with Crippen molar-refractivity contribution in [2.75, 3.05) is 19.6 Å². The van der Waals surface area contributed by atoms with E-state index in [0.29, 0.717) is 12.5 Å². The number of nitrogens with two attached hydrogens (primary N) is 1. The molecule has 1 aliphatic carbocycles. The largest absolute Gasteiger partial charge is 0.369 e. The lowest BCUT2D eigenvalue weighted by Gasteiger charge is -2.22. The molecule has 2 fully saturated rings. The second-order valence-corrected chi connectivity index (χ2v) is 8.25. The topological polar surface area (TPSA) is 101 Å². The van der Waals surface area contributed by atoms with Crippen molar-refractivity contribution >= 4 is 15.9 Å². The number of nitrogens with one attached hydrogen (secondary N) is 2. The van der Waals surface area contributed by atoms with E-state index in [2.05, 4.69) is 10.0 Å². The number of carbonyl (C=O) groups excluding carboxylic acids is 1. The number of hydrogen-bond acceptors (Lipinski definition) is 4. The summed E-state index contributed by atoms with van der Waals surface area (Å²) in [5.74, 6) is 0.106. The SMILES string of the molecule is NC(=O)C1CC1c1ccc(S(=O)(=O)NC[C@H]2CCCNC2)cc1. The van der Waals surface area contributed by atoms with Crippen molar-refractivity contribution in [3.63, 3.8) is 0 Å². The van der Waals surface area contributed by atoms with E-state index >= 15 is 0 Å². The van der Waals surface area contributed by atoms with Gasteiger partial charge in [-0.2, -0.15) is 0 Å². The molecule has 1 heterocycles. The molecular weight excluding hydrogens is 314 g/mol. The minimum atomic E-state index is -3.48. The lowest BCUT2D eigenvalue weighted by molar-refractivity contribution is -0.119. The molecule has 1 saturated carbocycles. The molecule has 0 aromatic heterocycles. The first-order valence-corrected chi connectivity index (χ1v) is 9.55. The predicted octanol–water partition coefficient (Wildman–Crippen LogP) is 0.553. The summed E-state index contributed by atoms with van der Waals surface area (Å²) in [6.07, 6.45) is 2.89. The molecule has 0 bridgehead atoms. The van der Waals surface area contributed by atoms with Crippen LogP contribution in [0.3, 0.4) is 0 Å². The number of piperidine rings is 1. The van der Waals surface area contributed by atoms with Gasteiger partial charge in [0, 0.05) is 12.5 Å². The standard InChI is InChI=1S/C16H23N3O3S/c17-16(20)15-8-14(15)12-3-5-13(6-4-12)23(21,22)19-10-11-2-1-7-18-9-11/h3-6,11,14-15,18-19H,1-2,7-10H2,(H2,17,20)/t11-,14?,15?/m0/s1. The van der Waals surface area contributed by atoms with Gasteiger partial charge in [0.1, 0.15) is 0 Å². The van der Waals surface area contributed by atoms with Crippen LogP contribution < -0.4 is 15.8 Å². The lowest BCUT2D eigenvalue weighted by atomic mass is 10.0. The highest BCUT2D eigenvalue weighted by atomic mass is 32.2. The minimum absolute atomic E-state index is 0.102. The normalized spacial score (nSPS) is 27.6. The Balaban J connectivity index is 1.60. The maximum atomic E-state index is 12.3. The van der Waals surface area contributed by atoms with Gasteiger partial charge in [-0.25, -0.2) is 13.1 Å². The van der Waals surface area contributed by atoms with Crippen LogP contribution in [0.15, 0.2) is 29.2 Å². The van der Waals surface area contributed by atoms with Crippen LogP contribution in [-0.2, 0) is 14.8 Å². The average molecular weight is 337 g/mol. The number of primary amides is 1. The predicted molar refractivity (Wildman–Crippen MR) is 87.3 cm³/mol. The van der Waals surface area contributed by atoms with E-state index in [1.807, 2.05) is 0 Å². The van der Waals surface area contributed by atoms with E-state index in [4.69, 9.17) is 5.73 Å². The molecule has 1 aromatic rings. The van der Waals surface area contributed by atoms with Gasteiger partial charge in [0.15, 0.2) is 0 Å². The molecule has 0 radical (unpaired) electrons. The van der Waals surface area contributed by atoms with Crippen molar-refractivity contribution in [3.05, 3.63) is 29.8 Å². The summed E-state index contributed by atoms with van der Waals surface area (Å²) in [4.78, 5) is 11.4. The fraction of sp³-hybridized carbons (Fsp3) is 0.562. The number of carbonyl (C=O) groups is 1. The van der Waals surface area contributed by atoms with Gasteiger partial charge in [0.2, 0.25) is 15.9 Å². The summed E-state index contributed by atoms with van der Waals surface area (Å²) in [5.41, 5.74) is 6.26. The quantitative estimate of drug-likeness (QED) is 0.706. The average Bonchev–Trinajstić information content (AvgIpc) is 3.35. The van der Waals surface area contributed by atoms with Gasteiger partial charge in [0.05, 0.1) is 4.90 Å².